The molecule has 8 nitrogen and oxygen atoms in total. The summed E-state index contributed by atoms with van der Waals surface area (Å²) in [6, 6.07) is 12.9. The van der Waals surface area contributed by atoms with Gasteiger partial charge in [0, 0.05) is 53.3 Å². The third-order valence-corrected chi connectivity index (χ3v) is 7.60. The lowest BCUT2D eigenvalue weighted by molar-refractivity contribution is -0.129. The Kier molecular flexibility index (Phi) is 9.01. The molecule has 1 aliphatic heterocycles. The Hall–Kier alpha value is -2.62. The molecule has 2 amide bonds. The number of nitrogens with zero attached hydrogens (tertiary/aromatic N) is 1. The highest BCUT2D eigenvalue weighted by molar-refractivity contribution is 7.86. The number of ether oxygens (including phenoxy) is 2. The zero-order valence-corrected chi connectivity index (χ0v) is 21.0. The number of carbonyl (C=O) groups is 2. The van der Waals surface area contributed by atoms with E-state index in [2.05, 4.69) is 10.6 Å². The fourth-order valence-corrected chi connectivity index (χ4v) is 5.38. The molecule has 0 saturated heterocycles. The van der Waals surface area contributed by atoms with Crippen LogP contribution in [0.3, 0.4) is 0 Å². The fourth-order valence-electron chi connectivity index (χ4n) is 4.26. The number of halogens is 1. The second-order valence-corrected chi connectivity index (χ2v) is 10.6. The van der Waals surface area contributed by atoms with Crippen LogP contribution >= 0.6 is 11.6 Å². The lowest BCUT2D eigenvalue weighted by Crippen LogP contribution is -2.41. The van der Waals surface area contributed by atoms with Crippen molar-refractivity contribution in [2.75, 3.05) is 36.7 Å². The molecule has 0 aromatic heterocycles. The molecule has 2 aromatic carbocycles. The molecule has 4 rings (SSSR count). The van der Waals surface area contributed by atoms with E-state index >= 15 is 0 Å². The van der Waals surface area contributed by atoms with Gasteiger partial charge in [0.25, 0.3) is 0 Å². The second kappa shape index (κ2) is 12.4. The van der Waals surface area contributed by atoms with Crippen molar-refractivity contribution < 1.29 is 23.3 Å². The van der Waals surface area contributed by atoms with Crippen LogP contribution in [-0.4, -0.2) is 58.4 Å². The normalized spacial score (nSPS) is 15.7. The van der Waals surface area contributed by atoms with Crippen LogP contribution in [0.5, 0.6) is 11.5 Å². The number of amides is 2. The first-order valence-corrected chi connectivity index (χ1v) is 13.6. The summed E-state index contributed by atoms with van der Waals surface area (Å²) in [4.78, 5) is 27.1. The van der Waals surface area contributed by atoms with E-state index in [9.17, 15) is 13.8 Å². The van der Waals surface area contributed by atoms with Gasteiger partial charge in [-0.05, 0) is 36.6 Å². The van der Waals surface area contributed by atoms with Crippen molar-refractivity contribution in [3.05, 3.63) is 53.1 Å². The SMILES string of the molecule is O=C(CS(=O)CC(=O)N(CCNC1CCCC1)Cc1ccccc1Cl)Nc1ccc2c(c1)OCO2. The van der Waals surface area contributed by atoms with Crippen LogP contribution < -0.4 is 20.1 Å². The Morgan fingerprint density at radius 1 is 1.06 bits per heavy atom. The zero-order chi connectivity index (χ0) is 24.6. The van der Waals surface area contributed by atoms with Gasteiger partial charge in [0.05, 0.1) is 0 Å². The molecule has 1 heterocycles. The standard InChI is InChI=1S/C25H30ClN3O5S/c26-21-8-4-1-5-18(21)14-29(12-11-27-19-6-2-3-7-19)25(31)16-35(32)15-24(30)28-20-9-10-22-23(13-20)34-17-33-22/h1,4-5,8-10,13,19,27H,2-3,6-7,11-12,14-17H2,(H,28,30). The summed E-state index contributed by atoms with van der Waals surface area (Å²) >= 11 is 6.31. The molecule has 0 spiro atoms. The van der Waals surface area contributed by atoms with Crippen LogP contribution in [0.25, 0.3) is 0 Å². The Balaban J connectivity index is 1.31. The summed E-state index contributed by atoms with van der Waals surface area (Å²) in [5, 5.41) is 6.79. The Morgan fingerprint density at radius 2 is 1.83 bits per heavy atom. The number of rotatable bonds is 11. The van der Waals surface area contributed by atoms with Crippen molar-refractivity contribution >= 4 is 39.9 Å². The maximum atomic E-state index is 13.1. The molecular formula is C25H30ClN3O5S. The predicted molar refractivity (Wildman–Crippen MR) is 136 cm³/mol. The van der Waals surface area contributed by atoms with Gasteiger partial charge in [-0.1, -0.05) is 42.6 Å². The van der Waals surface area contributed by atoms with Crippen molar-refractivity contribution in [1.82, 2.24) is 10.2 Å². The molecule has 35 heavy (non-hydrogen) atoms. The number of nitrogens with one attached hydrogen (secondary N) is 2. The van der Waals surface area contributed by atoms with E-state index in [0.717, 1.165) is 18.4 Å². The molecular weight excluding hydrogens is 490 g/mol. The van der Waals surface area contributed by atoms with Gasteiger partial charge < -0.3 is 25.0 Å². The van der Waals surface area contributed by atoms with Crippen molar-refractivity contribution in [3.63, 3.8) is 0 Å². The maximum absolute atomic E-state index is 13.1. The highest BCUT2D eigenvalue weighted by Crippen LogP contribution is 2.34. The summed E-state index contributed by atoms with van der Waals surface area (Å²) in [6.07, 6.45) is 4.77. The van der Waals surface area contributed by atoms with Crippen LogP contribution in [0.15, 0.2) is 42.5 Å². The van der Waals surface area contributed by atoms with E-state index in [0.29, 0.717) is 47.9 Å². The van der Waals surface area contributed by atoms with Crippen molar-refractivity contribution in [2.45, 2.75) is 38.3 Å². The molecule has 1 fully saturated rings. The molecule has 1 unspecified atom stereocenters. The van der Waals surface area contributed by atoms with Gasteiger partial charge in [-0.15, -0.1) is 0 Å². The number of fused-ring (bicyclic) bond motifs is 1. The Labute approximate surface area is 212 Å². The Morgan fingerprint density at radius 3 is 2.63 bits per heavy atom. The van der Waals surface area contributed by atoms with Crippen LogP contribution in [-0.2, 0) is 26.9 Å². The second-order valence-electron chi connectivity index (χ2n) is 8.69. The number of hydrogen-bond donors (Lipinski definition) is 2. The third-order valence-electron chi connectivity index (χ3n) is 6.07. The molecule has 10 heteroatoms. The lowest BCUT2D eigenvalue weighted by Gasteiger charge is -2.24. The maximum Gasteiger partial charge on any atom is 0.237 e. The molecule has 2 aromatic rings. The van der Waals surface area contributed by atoms with E-state index in [1.807, 2.05) is 18.2 Å². The smallest absolute Gasteiger partial charge is 0.237 e. The minimum absolute atomic E-state index is 0.139. The minimum atomic E-state index is -1.66. The zero-order valence-electron chi connectivity index (χ0n) is 19.5. The summed E-state index contributed by atoms with van der Waals surface area (Å²) < 4.78 is 23.2. The molecule has 188 valence electrons. The average Bonchev–Trinajstić information content (AvgIpc) is 3.51. The molecule has 1 aliphatic carbocycles. The van der Waals surface area contributed by atoms with E-state index in [1.54, 1.807) is 29.2 Å². The molecule has 2 aliphatic rings. The van der Waals surface area contributed by atoms with E-state index < -0.39 is 16.7 Å². The molecule has 0 bridgehead atoms. The largest absolute Gasteiger partial charge is 0.454 e. The van der Waals surface area contributed by atoms with Crippen LogP contribution in [0.1, 0.15) is 31.2 Å². The van der Waals surface area contributed by atoms with Gasteiger partial charge in [0.2, 0.25) is 18.6 Å². The van der Waals surface area contributed by atoms with Gasteiger partial charge in [0.1, 0.15) is 11.5 Å². The lowest BCUT2D eigenvalue weighted by atomic mass is 10.2. The fraction of sp³-hybridized carbons (Fsp3) is 0.440. The molecule has 2 N–H and O–H groups in total. The predicted octanol–water partition coefficient (Wildman–Crippen LogP) is 3.32. The Bertz CT molecular complexity index is 1080. The summed E-state index contributed by atoms with van der Waals surface area (Å²) in [6.45, 7) is 1.59. The number of anilines is 1. The number of carbonyl (C=O) groups excluding carboxylic acids is 2. The number of hydrogen-bond acceptors (Lipinski definition) is 6. The van der Waals surface area contributed by atoms with E-state index in [1.165, 1.54) is 12.8 Å². The molecule has 0 radical (unpaired) electrons. The quantitative estimate of drug-likeness (QED) is 0.473. The van der Waals surface area contributed by atoms with E-state index in [-0.39, 0.29) is 24.2 Å². The summed E-state index contributed by atoms with van der Waals surface area (Å²) in [5.74, 6) is -0.0651. The first kappa shape index (κ1) is 25.5. The van der Waals surface area contributed by atoms with Gasteiger partial charge >= 0.3 is 0 Å². The topological polar surface area (TPSA) is 97.0 Å². The van der Waals surface area contributed by atoms with Gasteiger partial charge in [-0.25, -0.2) is 0 Å². The average molecular weight is 520 g/mol. The summed E-state index contributed by atoms with van der Waals surface area (Å²) in [7, 11) is -1.66. The third kappa shape index (κ3) is 7.43. The highest BCUT2D eigenvalue weighted by atomic mass is 35.5. The minimum Gasteiger partial charge on any atom is -0.454 e. The van der Waals surface area contributed by atoms with Crippen molar-refractivity contribution in [2.24, 2.45) is 0 Å². The van der Waals surface area contributed by atoms with E-state index in [4.69, 9.17) is 21.1 Å². The molecule has 1 atom stereocenters. The van der Waals surface area contributed by atoms with Crippen molar-refractivity contribution in [1.29, 1.82) is 0 Å². The van der Waals surface area contributed by atoms with Crippen molar-refractivity contribution in [3.8, 4) is 11.5 Å². The first-order valence-electron chi connectivity index (χ1n) is 11.8. The van der Waals surface area contributed by atoms with Crippen LogP contribution in [0.2, 0.25) is 5.02 Å². The van der Waals surface area contributed by atoms with Gasteiger partial charge in [-0.3, -0.25) is 13.8 Å². The number of benzene rings is 2. The first-order chi connectivity index (χ1) is 17.0. The monoisotopic (exact) mass is 519 g/mol. The van der Waals surface area contributed by atoms with Crippen LogP contribution in [0.4, 0.5) is 5.69 Å². The molecule has 1 saturated carbocycles. The van der Waals surface area contributed by atoms with Crippen LogP contribution in [0, 0.1) is 0 Å². The van der Waals surface area contributed by atoms with Gasteiger partial charge in [0.15, 0.2) is 11.5 Å². The highest BCUT2D eigenvalue weighted by Gasteiger charge is 2.21. The van der Waals surface area contributed by atoms with Gasteiger partial charge in [-0.2, -0.15) is 0 Å². The summed E-state index contributed by atoms with van der Waals surface area (Å²) in [5.41, 5.74) is 1.34.